The molecule has 2 fully saturated rings. The van der Waals surface area contributed by atoms with Crippen molar-refractivity contribution < 1.29 is 17.9 Å². The highest BCUT2D eigenvalue weighted by Crippen LogP contribution is 2.29. The average molecular weight is 366 g/mol. The van der Waals surface area contributed by atoms with Crippen LogP contribution in [0.25, 0.3) is 0 Å². The third-order valence-corrected chi connectivity index (χ3v) is 6.35. The molecule has 2 heterocycles. The topological polar surface area (TPSA) is 66.9 Å². The third kappa shape index (κ3) is 4.33. The number of nitrogens with zero attached hydrogens (tertiary/aromatic N) is 2. The minimum absolute atomic E-state index is 0.0161. The molecule has 0 radical (unpaired) electrons. The Bertz CT molecular complexity index is 727. The molecule has 6 nitrogen and oxygen atoms in total. The van der Waals surface area contributed by atoms with Crippen molar-refractivity contribution in [2.75, 3.05) is 24.6 Å². The molecule has 0 spiro atoms. The summed E-state index contributed by atoms with van der Waals surface area (Å²) in [6.07, 6.45) is -0.418. The standard InChI is InChI=1S/C18H26N2O4S/c1-18(2,3)24-17(21)20-10-9-19(11-14-7-5-4-6-8-14)15-12-25(22,23)13-16(15)20/h4-8,15-16H,9-13H2,1-3H3. The molecule has 2 aliphatic heterocycles. The van der Waals surface area contributed by atoms with Gasteiger partial charge in [0.2, 0.25) is 0 Å². The molecule has 0 aliphatic carbocycles. The Balaban J connectivity index is 1.79. The van der Waals surface area contributed by atoms with Crippen LogP contribution in [0.2, 0.25) is 0 Å². The van der Waals surface area contributed by atoms with Crippen LogP contribution in [0.15, 0.2) is 30.3 Å². The number of rotatable bonds is 2. The summed E-state index contributed by atoms with van der Waals surface area (Å²) >= 11 is 0. The maximum atomic E-state index is 12.5. The molecule has 0 N–H and O–H groups in total. The van der Waals surface area contributed by atoms with Crippen molar-refractivity contribution in [1.29, 1.82) is 0 Å². The summed E-state index contributed by atoms with van der Waals surface area (Å²) in [5, 5.41) is 0. The van der Waals surface area contributed by atoms with Crippen molar-refractivity contribution in [2.24, 2.45) is 0 Å². The summed E-state index contributed by atoms with van der Waals surface area (Å²) in [5.74, 6) is 0.117. The maximum Gasteiger partial charge on any atom is 0.410 e. The number of hydrogen-bond acceptors (Lipinski definition) is 5. The number of carbonyl (C=O) groups excluding carboxylic acids is 1. The van der Waals surface area contributed by atoms with Gasteiger partial charge in [0, 0.05) is 25.7 Å². The van der Waals surface area contributed by atoms with E-state index in [0.29, 0.717) is 19.6 Å². The molecule has 3 rings (SSSR count). The van der Waals surface area contributed by atoms with E-state index in [0.717, 1.165) is 5.56 Å². The van der Waals surface area contributed by atoms with Crippen LogP contribution in [0.4, 0.5) is 4.79 Å². The van der Waals surface area contributed by atoms with E-state index in [4.69, 9.17) is 4.74 Å². The Morgan fingerprint density at radius 2 is 1.76 bits per heavy atom. The molecular formula is C18H26N2O4S. The summed E-state index contributed by atoms with van der Waals surface area (Å²) in [5.41, 5.74) is 0.557. The smallest absolute Gasteiger partial charge is 0.410 e. The predicted octanol–water partition coefficient (Wildman–Crippen LogP) is 1.90. The first kappa shape index (κ1) is 18.2. The van der Waals surface area contributed by atoms with Crippen molar-refractivity contribution in [1.82, 2.24) is 9.80 Å². The van der Waals surface area contributed by atoms with E-state index in [1.807, 2.05) is 51.1 Å². The number of benzene rings is 1. The van der Waals surface area contributed by atoms with E-state index < -0.39 is 21.5 Å². The van der Waals surface area contributed by atoms with E-state index in [1.165, 1.54) is 0 Å². The summed E-state index contributed by atoms with van der Waals surface area (Å²) in [7, 11) is -3.16. The lowest BCUT2D eigenvalue weighted by molar-refractivity contribution is -0.0105. The lowest BCUT2D eigenvalue weighted by Gasteiger charge is -2.44. The first-order chi connectivity index (χ1) is 11.6. The molecule has 2 atom stereocenters. The fraction of sp³-hybridized carbons (Fsp3) is 0.611. The first-order valence-electron chi connectivity index (χ1n) is 8.63. The molecule has 2 unspecified atom stereocenters. The molecule has 1 amide bonds. The summed E-state index contributed by atoms with van der Waals surface area (Å²) in [6.45, 7) is 7.28. The van der Waals surface area contributed by atoms with E-state index in [2.05, 4.69) is 4.90 Å². The first-order valence-corrected chi connectivity index (χ1v) is 10.4. The Morgan fingerprint density at radius 1 is 1.12 bits per heavy atom. The van der Waals surface area contributed by atoms with Crippen molar-refractivity contribution in [3.63, 3.8) is 0 Å². The van der Waals surface area contributed by atoms with Crippen LogP contribution in [0, 0.1) is 0 Å². The minimum Gasteiger partial charge on any atom is -0.444 e. The van der Waals surface area contributed by atoms with Crippen LogP contribution >= 0.6 is 0 Å². The Kier molecular flexibility index (Phi) is 4.81. The molecular weight excluding hydrogens is 340 g/mol. The average Bonchev–Trinajstić information content (AvgIpc) is 2.82. The zero-order chi connectivity index (χ0) is 18.2. The van der Waals surface area contributed by atoms with Gasteiger partial charge in [-0.2, -0.15) is 0 Å². The molecule has 0 bridgehead atoms. The quantitative estimate of drug-likeness (QED) is 0.800. The highest BCUT2D eigenvalue weighted by Gasteiger charge is 2.48. The zero-order valence-electron chi connectivity index (χ0n) is 15.0. The van der Waals surface area contributed by atoms with Gasteiger partial charge in [0.1, 0.15) is 5.60 Å². The number of carbonyl (C=O) groups is 1. The number of fused-ring (bicyclic) bond motifs is 1. The van der Waals surface area contributed by atoms with Crippen LogP contribution < -0.4 is 0 Å². The van der Waals surface area contributed by atoms with Gasteiger partial charge in [-0.05, 0) is 26.3 Å². The van der Waals surface area contributed by atoms with Crippen molar-refractivity contribution in [2.45, 2.75) is 45.0 Å². The second-order valence-electron chi connectivity index (χ2n) is 7.84. The van der Waals surface area contributed by atoms with Crippen molar-refractivity contribution in [3.05, 3.63) is 35.9 Å². The van der Waals surface area contributed by atoms with Gasteiger partial charge in [-0.3, -0.25) is 4.90 Å². The molecule has 1 aromatic rings. The van der Waals surface area contributed by atoms with Crippen LogP contribution in [-0.2, 0) is 21.1 Å². The van der Waals surface area contributed by atoms with Gasteiger partial charge in [0.15, 0.2) is 9.84 Å². The number of piperazine rings is 1. The van der Waals surface area contributed by atoms with Gasteiger partial charge < -0.3 is 9.64 Å². The van der Waals surface area contributed by atoms with Gasteiger partial charge in [0.05, 0.1) is 17.5 Å². The van der Waals surface area contributed by atoms with Crippen LogP contribution in [0.3, 0.4) is 0 Å². The van der Waals surface area contributed by atoms with Gasteiger partial charge in [0.25, 0.3) is 0 Å². The Labute approximate surface area is 149 Å². The molecule has 0 saturated carbocycles. The Hall–Kier alpha value is -1.60. The molecule has 138 valence electrons. The number of ether oxygens (including phenoxy) is 1. The van der Waals surface area contributed by atoms with Crippen LogP contribution in [-0.4, -0.2) is 66.6 Å². The van der Waals surface area contributed by atoms with E-state index in [9.17, 15) is 13.2 Å². The normalized spacial score (nSPS) is 26.3. The lowest BCUT2D eigenvalue weighted by Crippen LogP contribution is -2.60. The highest BCUT2D eigenvalue weighted by molar-refractivity contribution is 7.91. The van der Waals surface area contributed by atoms with Gasteiger partial charge >= 0.3 is 6.09 Å². The molecule has 0 aromatic heterocycles. The number of hydrogen-bond donors (Lipinski definition) is 0. The van der Waals surface area contributed by atoms with E-state index in [1.54, 1.807) is 4.90 Å². The third-order valence-electron chi connectivity index (χ3n) is 4.65. The van der Waals surface area contributed by atoms with Gasteiger partial charge in [-0.25, -0.2) is 13.2 Å². The second kappa shape index (κ2) is 6.61. The monoisotopic (exact) mass is 366 g/mol. The van der Waals surface area contributed by atoms with E-state index >= 15 is 0 Å². The highest BCUT2D eigenvalue weighted by atomic mass is 32.2. The van der Waals surface area contributed by atoms with Crippen molar-refractivity contribution >= 4 is 15.9 Å². The largest absolute Gasteiger partial charge is 0.444 e. The van der Waals surface area contributed by atoms with Crippen molar-refractivity contribution in [3.8, 4) is 0 Å². The van der Waals surface area contributed by atoms with E-state index in [-0.39, 0.29) is 23.6 Å². The molecule has 2 aliphatic rings. The SMILES string of the molecule is CC(C)(C)OC(=O)N1CCN(Cc2ccccc2)C2CS(=O)(=O)CC21. The number of sulfone groups is 1. The fourth-order valence-electron chi connectivity index (χ4n) is 3.59. The number of amides is 1. The summed E-state index contributed by atoms with van der Waals surface area (Å²) in [4.78, 5) is 16.3. The molecule has 25 heavy (non-hydrogen) atoms. The zero-order valence-corrected chi connectivity index (χ0v) is 15.8. The maximum absolute atomic E-state index is 12.5. The van der Waals surface area contributed by atoms with Gasteiger partial charge in [-0.15, -0.1) is 0 Å². The fourth-order valence-corrected chi connectivity index (χ4v) is 5.60. The summed E-state index contributed by atoms with van der Waals surface area (Å²) < 4.78 is 30.0. The molecule has 2 saturated heterocycles. The molecule has 7 heteroatoms. The van der Waals surface area contributed by atoms with Gasteiger partial charge in [-0.1, -0.05) is 30.3 Å². The minimum atomic E-state index is -3.16. The second-order valence-corrected chi connectivity index (χ2v) is 10.00. The predicted molar refractivity (Wildman–Crippen MR) is 96.0 cm³/mol. The summed E-state index contributed by atoms with van der Waals surface area (Å²) in [6, 6.07) is 9.50. The van der Waals surface area contributed by atoms with Crippen LogP contribution in [0.5, 0.6) is 0 Å². The lowest BCUT2D eigenvalue weighted by atomic mass is 10.0. The molecule has 1 aromatic carbocycles. The van der Waals surface area contributed by atoms with Crippen LogP contribution in [0.1, 0.15) is 26.3 Å². The Morgan fingerprint density at radius 3 is 2.40 bits per heavy atom.